The number of carbonyl (C=O) groups excluding carboxylic acids is 1. The van der Waals surface area contributed by atoms with Crippen LogP contribution in [0.15, 0.2) is 22.7 Å². The van der Waals surface area contributed by atoms with Gasteiger partial charge >= 0.3 is 5.97 Å². The van der Waals surface area contributed by atoms with Gasteiger partial charge in [-0.15, -0.1) is 0 Å². The van der Waals surface area contributed by atoms with Gasteiger partial charge in [-0.2, -0.15) is 0 Å². The van der Waals surface area contributed by atoms with Crippen molar-refractivity contribution in [3.63, 3.8) is 0 Å². The molecule has 0 N–H and O–H groups in total. The van der Waals surface area contributed by atoms with Gasteiger partial charge in [0.1, 0.15) is 18.5 Å². The van der Waals surface area contributed by atoms with Gasteiger partial charge in [-0.1, -0.05) is 50.0 Å². The Morgan fingerprint density at radius 3 is 2.85 bits per heavy atom. The second-order valence-corrected chi connectivity index (χ2v) is 8.87. The van der Waals surface area contributed by atoms with Gasteiger partial charge in [-0.3, -0.25) is 4.79 Å². The molecule has 3 atom stereocenters. The average Bonchev–Trinajstić information content (AvgIpc) is 2.91. The van der Waals surface area contributed by atoms with E-state index in [4.69, 9.17) is 4.74 Å². The predicted octanol–water partition coefficient (Wildman–Crippen LogP) is 5.37. The maximum atomic E-state index is 12.8. The predicted molar refractivity (Wildman–Crippen MR) is 108 cm³/mol. The highest BCUT2D eigenvalue weighted by atomic mass is 79.9. The fourth-order valence-electron chi connectivity index (χ4n) is 4.18. The molecule has 0 amide bonds. The number of rotatable bonds is 5. The molecule has 0 aliphatic heterocycles. The molecule has 0 bridgehead atoms. The molecule has 0 saturated heterocycles. The molecular formula is C21H29BrN2O2. The zero-order chi connectivity index (χ0) is 18.8. The van der Waals surface area contributed by atoms with E-state index in [9.17, 15) is 4.79 Å². The fourth-order valence-corrected chi connectivity index (χ4v) is 4.53. The molecule has 142 valence electrons. The summed E-state index contributed by atoms with van der Waals surface area (Å²) in [4.78, 5) is 17.4. The molecule has 1 unspecified atom stereocenters. The summed E-state index contributed by atoms with van der Waals surface area (Å²) in [5.74, 6) is 2.41. The largest absolute Gasteiger partial charge is 0.461 e. The lowest BCUT2D eigenvalue weighted by Gasteiger charge is -2.36. The van der Waals surface area contributed by atoms with E-state index in [2.05, 4.69) is 48.6 Å². The minimum Gasteiger partial charge on any atom is -0.461 e. The second kappa shape index (κ2) is 8.12. The number of benzene rings is 1. The van der Waals surface area contributed by atoms with Crippen molar-refractivity contribution >= 4 is 32.9 Å². The lowest BCUT2D eigenvalue weighted by atomic mass is 9.75. The summed E-state index contributed by atoms with van der Waals surface area (Å²) in [7, 11) is 0. The van der Waals surface area contributed by atoms with E-state index in [1.54, 1.807) is 0 Å². The van der Waals surface area contributed by atoms with E-state index in [1.165, 1.54) is 6.42 Å². The molecule has 1 heterocycles. The number of carbonyl (C=O) groups is 1. The Bertz CT molecular complexity index is 784. The van der Waals surface area contributed by atoms with Crippen LogP contribution in [0.5, 0.6) is 0 Å². The van der Waals surface area contributed by atoms with E-state index < -0.39 is 0 Å². The van der Waals surface area contributed by atoms with Gasteiger partial charge in [-0.05, 0) is 48.8 Å². The summed E-state index contributed by atoms with van der Waals surface area (Å²) in [5.41, 5.74) is 1.90. The third kappa shape index (κ3) is 4.13. The molecular weight excluding hydrogens is 392 g/mol. The zero-order valence-electron chi connectivity index (χ0n) is 16.2. The van der Waals surface area contributed by atoms with Crippen LogP contribution in [-0.4, -0.2) is 21.6 Å². The van der Waals surface area contributed by atoms with Gasteiger partial charge in [-0.25, -0.2) is 4.98 Å². The van der Waals surface area contributed by atoms with Crippen LogP contribution in [0.4, 0.5) is 0 Å². The number of fused-ring (bicyclic) bond motifs is 1. The first-order valence-electron chi connectivity index (χ1n) is 9.73. The zero-order valence-corrected chi connectivity index (χ0v) is 17.8. The van der Waals surface area contributed by atoms with Crippen LogP contribution in [0.2, 0.25) is 0 Å². The highest BCUT2D eigenvalue weighted by Gasteiger charge is 2.33. The lowest BCUT2D eigenvalue weighted by Crippen LogP contribution is -2.36. The number of nitrogens with zero attached hydrogens (tertiary/aromatic N) is 2. The molecule has 1 aromatic carbocycles. The van der Waals surface area contributed by atoms with Crippen molar-refractivity contribution in [2.75, 3.05) is 0 Å². The van der Waals surface area contributed by atoms with Gasteiger partial charge in [0.05, 0.1) is 11.0 Å². The highest BCUT2D eigenvalue weighted by molar-refractivity contribution is 9.10. The summed E-state index contributed by atoms with van der Waals surface area (Å²) < 4.78 is 8.98. The van der Waals surface area contributed by atoms with Crippen molar-refractivity contribution in [2.24, 2.45) is 17.8 Å². The van der Waals surface area contributed by atoms with Crippen LogP contribution in [0.25, 0.3) is 11.0 Å². The molecule has 1 aliphatic carbocycles. The fraction of sp³-hybridized carbons (Fsp3) is 0.619. The molecule has 26 heavy (non-hydrogen) atoms. The SMILES string of the molecule is CCc1nc2cc(Br)ccc2n1CC(=O)O[C@@H]1C[C@H](C)CCC1C(C)C. The number of aromatic nitrogens is 2. The Kier molecular flexibility index (Phi) is 6.06. The van der Waals surface area contributed by atoms with E-state index in [1.807, 2.05) is 22.8 Å². The molecule has 2 aromatic rings. The Morgan fingerprint density at radius 1 is 1.38 bits per heavy atom. The first-order chi connectivity index (χ1) is 12.4. The van der Waals surface area contributed by atoms with E-state index in [0.717, 1.165) is 40.6 Å². The molecule has 0 spiro atoms. The molecule has 1 saturated carbocycles. The third-order valence-electron chi connectivity index (χ3n) is 5.64. The lowest BCUT2D eigenvalue weighted by molar-refractivity contribution is -0.156. The minimum absolute atomic E-state index is 0.0419. The minimum atomic E-state index is -0.147. The molecule has 1 aliphatic rings. The number of hydrogen-bond acceptors (Lipinski definition) is 3. The second-order valence-electron chi connectivity index (χ2n) is 7.96. The van der Waals surface area contributed by atoms with Crippen LogP contribution < -0.4 is 0 Å². The summed E-state index contributed by atoms with van der Waals surface area (Å²) >= 11 is 3.49. The van der Waals surface area contributed by atoms with Gasteiger partial charge in [0.2, 0.25) is 0 Å². The van der Waals surface area contributed by atoms with Crippen LogP contribution in [-0.2, 0) is 22.5 Å². The van der Waals surface area contributed by atoms with Gasteiger partial charge in [0.15, 0.2) is 0 Å². The maximum absolute atomic E-state index is 12.8. The number of esters is 1. The van der Waals surface area contributed by atoms with Crippen LogP contribution in [0.3, 0.4) is 0 Å². The first kappa shape index (κ1) is 19.4. The van der Waals surface area contributed by atoms with E-state index >= 15 is 0 Å². The molecule has 1 aromatic heterocycles. The number of imidazole rings is 1. The standard InChI is InChI=1S/C21H29BrN2O2/c1-5-20-23-17-11-15(22)7-9-18(17)24(20)12-21(25)26-19-10-14(4)6-8-16(19)13(2)3/h7,9,11,13-14,16,19H,5-6,8,10,12H2,1-4H3/t14-,16?,19-/m1/s1. The first-order valence-corrected chi connectivity index (χ1v) is 10.5. The summed E-state index contributed by atoms with van der Waals surface area (Å²) in [6.45, 7) is 9.02. The quantitative estimate of drug-likeness (QED) is 0.610. The number of halogens is 1. The van der Waals surface area contributed by atoms with Crippen molar-refractivity contribution in [3.05, 3.63) is 28.5 Å². The van der Waals surface area contributed by atoms with E-state index in [0.29, 0.717) is 17.8 Å². The summed E-state index contributed by atoms with van der Waals surface area (Å²) in [6, 6.07) is 6.00. The maximum Gasteiger partial charge on any atom is 0.326 e. The molecule has 1 fully saturated rings. The Labute approximate surface area is 164 Å². The number of aryl methyl sites for hydroxylation is 1. The number of ether oxygens (including phenoxy) is 1. The normalized spacial score (nSPS) is 23.5. The average molecular weight is 421 g/mol. The van der Waals surface area contributed by atoms with Crippen molar-refractivity contribution in [3.8, 4) is 0 Å². The topological polar surface area (TPSA) is 44.1 Å². The molecule has 4 nitrogen and oxygen atoms in total. The Hall–Kier alpha value is -1.36. The van der Waals surface area contributed by atoms with Gasteiger partial charge in [0.25, 0.3) is 0 Å². The van der Waals surface area contributed by atoms with Crippen molar-refractivity contribution in [1.29, 1.82) is 0 Å². The Balaban J connectivity index is 1.78. The van der Waals surface area contributed by atoms with Crippen LogP contribution in [0.1, 0.15) is 52.8 Å². The summed E-state index contributed by atoms with van der Waals surface area (Å²) in [5, 5.41) is 0. The van der Waals surface area contributed by atoms with Crippen LogP contribution in [0, 0.1) is 17.8 Å². The number of hydrogen-bond donors (Lipinski definition) is 0. The smallest absolute Gasteiger partial charge is 0.326 e. The molecule has 3 rings (SSSR count). The molecule has 5 heteroatoms. The van der Waals surface area contributed by atoms with E-state index in [-0.39, 0.29) is 18.6 Å². The Morgan fingerprint density at radius 2 is 2.15 bits per heavy atom. The van der Waals surface area contributed by atoms with Crippen molar-refractivity contribution in [1.82, 2.24) is 9.55 Å². The third-order valence-corrected chi connectivity index (χ3v) is 6.13. The van der Waals surface area contributed by atoms with Crippen LogP contribution >= 0.6 is 15.9 Å². The van der Waals surface area contributed by atoms with Crippen molar-refractivity contribution < 1.29 is 9.53 Å². The summed E-state index contributed by atoms with van der Waals surface area (Å²) in [6.07, 6.45) is 4.19. The van der Waals surface area contributed by atoms with Gasteiger partial charge < -0.3 is 9.30 Å². The molecule has 0 radical (unpaired) electrons. The highest BCUT2D eigenvalue weighted by Crippen LogP contribution is 2.35. The van der Waals surface area contributed by atoms with Crippen molar-refractivity contribution in [2.45, 2.75) is 66.0 Å². The monoisotopic (exact) mass is 420 g/mol. The van der Waals surface area contributed by atoms with Gasteiger partial charge in [0, 0.05) is 10.9 Å².